The summed E-state index contributed by atoms with van der Waals surface area (Å²) in [5, 5.41) is 5.18. The highest BCUT2D eigenvalue weighted by atomic mass is 35.5. The number of sulfonamides is 1. The van der Waals surface area contributed by atoms with Gasteiger partial charge in [0, 0.05) is 5.02 Å². The molecule has 1 N–H and O–H groups in total. The highest BCUT2D eigenvalue weighted by Crippen LogP contribution is 2.27. The van der Waals surface area contributed by atoms with Gasteiger partial charge in [-0.3, -0.25) is 9.40 Å². The van der Waals surface area contributed by atoms with E-state index in [1.807, 2.05) is 43.3 Å². The molecule has 0 aliphatic rings. The predicted molar refractivity (Wildman–Crippen MR) is 118 cm³/mol. The van der Waals surface area contributed by atoms with Crippen molar-refractivity contribution < 1.29 is 8.42 Å². The number of benzene rings is 2. The first kappa shape index (κ1) is 21.4. The molecule has 1 aromatic heterocycles. The van der Waals surface area contributed by atoms with Crippen LogP contribution in [0.1, 0.15) is 43.3 Å². The molecule has 0 fully saturated rings. The molecule has 0 saturated heterocycles. The number of aryl methyl sites for hydroxylation is 1. The summed E-state index contributed by atoms with van der Waals surface area (Å²) in [6.07, 6.45) is 0. The lowest BCUT2D eigenvalue weighted by atomic mass is 9.87. The van der Waals surface area contributed by atoms with Crippen LogP contribution >= 0.6 is 11.6 Å². The number of nitrogens with one attached hydrogen (secondary N) is 1. The Morgan fingerprint density at radius 2 is 1.59 bits per heavy atom. The van der Waals surface area contributed by atoms with Crippen LogP contribution in [0.3, 0.4) is 0 Å². The van der Waals surface area contributed by atoms with Crippen LogP contribution in [0.25, 0.3) is 0 Å². The molecule has 0 saturated carbocycles. The molecule has 0 atom stereocenters. The van der Waals surface area contributed by atoms with Gasteiger partial charge in [-0.25, -0.2) is 8.42 Å². The zero-order chi connectivity index (χ0) is 21.4. The minimum Gasteiger partial charge on any atom is -0.276 e. The van der Waals surface area contributed by atoms with Gasteiger partial charge in [-0.2, -0.15) is 5.10 Å². The summed E-state index contributed by atoms with van der Waals surface area (Å²) in [5.74, 6) is 0. The fraction of sp³-hybridized carbons (Fsp3) is 0.318. The number of aromatic nitrogens is 2. The second-order valence-electron chi connectivity index (χ2n) is 8.21. The molecule has 3 aromatic rings. The van der Waals surface area contributed by atoms with Crippen molar-refractivity contribution in [2.45, 2.75) is 51.5 Å². The fourth-order valence-electron chi connectivity index (χ4n) is 3.09. The molecular weight excluding hydrogens is 406 g/mol. The summed E-state index contributed by atoms with van der Waals surface area (Å²) < 4.78 is 30.3. The van der Waals surface area contributed by atoms with Crippen LogP contribution in [0.2, 0.25) is 5.02 Å². The van der Waals surface area contributed by atoms with Crippen LogP contribution in [0.5, 0.6) is 0 Å². The Hall–Kier alpha value is -2.31. The van der Waals surface area contributed by atoms with E-state index in [9.17, 15) is 8.42 Å². The van der Waals surface area contributed by atoms with Crippen molar-refractivity contribution in [1.82, 2.24) is 9.78 Å². The maximum absolute atomic E-state index is 12.9. The second kappa shape index (κ2) is 7.84. The first-order chi connectivity index (χ1) is 13.5. The maximum Gasteiger partial charge on any atom is 0.262 e. The Bertz CT molecular complexity index is 1110. The monoisotopic (exact) mass is 431 g/mol. The second-order valence-corrected chi connectivity index (χ2v) is 10.3. The fourth-order valence-corrected chi connectivity index (χ4v) is 4.39. The van der Waals surface area contributed by atoms with Gasteiger partial charge < -0.3 is 0 Å². The zero-order valence-electron chi connectivity index (χ0n) is 17.3. The Labute approximate surface area is 177 Å². The molecule has 7 heteroatoms. The third-order valence-electron chi connectivity index (χ3n) is 4.89. The largest absolute Gasteiger partial charge is 0.276 e. The van der Waals surface area contributed by atoms with E-state index < -0.39 is 10.0 Å². The van der Waals surface area contributed by atoms with E-state index in [0.29, 0.717) is 22.9 Å². The highest BCUT2D eigenvalue weighted by Gasteiger charge is 2.21. The van der Waals surface area contributed by atoms with Gasteiger partial charge in [0.15, 0.2) is 0 Å². The molecular formula is C22H26ClN3O2S. The first-order valence-electron chi connectivity index (χ1n) is 9.39. The maximum atomic E-state index is 12.9. The normalized spacial score (nSPS) is 12.2. The lowest BCUT2D eigenvalue weighted by Gasteiger charge is -2.19. The van der Waals surface area contributed by atoms with Crippen LogP contribution in [0.15, 0.2) is 53.4 Å². The molecule has 1 heterocycles. The number of nitrogens with zero attached hydrogens (tertiary/aromatic N) is 2. The summed E-state index contributed by atoms with van der Waals surface area (Å²) in [6, 6.07) is 14.5. The molecule has 0 aliphatic carbocycles. The average Bonchev–Trinajstić information content (AvgIpc) is 2.90. The highest BCUT2D eigenvalue weighted by molar-refractivity contribution is 7.92. The van der Waals surface area contributed by atoms with Crippen molar-refractivity contribution in [2.24, 2.45) is 0 Å². The third kappa shape index (κ3) is 4.82. The van der Waals surface area contributed by atoms with E-state index >= 15 is 0 Å². The standard InChI is InChI=1S/C22H26ClN3O2S/c1-15-21(16(2)26(24-15)14-17-6-10-19(23)11-7-17)25-29(27,28)20-12-8-18(9-13-20)22(3,4)5/h6-13,25H,14H2,1-5H3. The summed E-state index contributed by atoms with van der Waals surface area (Å²) in [4.78, 5) is 0.231. The van der Waals surface area contributed by atoms with E-state index in [2.05, 4.69) is 30.6 Å². The van der Waals surface area contributed by atoms with Gasteiger partial charge in [0.1, 0.15) is 0 Å². The minimum atomic E-state index is -3.71. The van der Waals surface area contributed by atoms with Crippen molar-refractivity contribution in [3.05, 3.63) is 76.1 Å². The molecule has 2 aromatic carbocycles. The van der Waals surface area contributed by atoms with E-state index in [0.717, 1.165) is 16.8 Å². The van der Waals surface area contributed by atoms with Gasteiger partial charge in [-0.1, -0.05) is 56.6 Å². The Kier molecular flexibility index (Phi) is 5.79. The number of anilines is 1. The third-order valence-corrected chi connectivity index (χ3v) is 6.51. The lowest BCUT2D eigenvalue weighted by Crippen LogP contribution is -2.15. The van der Waals surface area contributed by atoms with Crippen molar-refractivity contribution in [3.8, 4) is 0 Å². The van der Waals surface area contributed by atoms with Gasteiger partial charge >= 0.3 is 0 Å². The van der Waals surface area contributed by atoms with E-state index in [1.165, 1.54) is 0 Å². The number of hydrogen-bond donors (Lipinski definition) is 1. The number of hydrogen-bond acceptors (Lipinski definition) is 3. The first-order valence-corrected chi connectivity index (χ1v) is 11.3. The van der Waals surface area contributed by atoms with Crippen LogP contribution in [-0.2, 0) is 22.0 Å². The van der Waals surface area contributed by atoms with Gasteiger partial charge in [0.2, 0.25) is 0 Å². The SMILES string of the molecule is Cc1nn(Cc2ccc(Cl)cc2)c(C)c1NS(=O)(=O)c1ccc(C(C)(C)C)cc1. The van der Waals surface area contributed by atoms with Gasteiger partial charge in [-0.05, 0) is 54.7 Å². The molecule has 29 heavy (non-hydrogen) atoms. The zero-order valence-corrected chi connectivity index (χ0v) is 18.9. The molecule has 0 unspecified atom stereocenters. The number of rotatable bonds is 5. The van der Waals surface area contributed by atoms with E-state index in [4.69, 9.17) is 11.6 Å². The summed E-state index contributed by atoms with van der Waals surface area (Å²) in [7, 11) is -3.71. The van der Waals surface area contributed by atoms with E-state index in [1.54, 1.807) is 23.7 Å². The summed E-state index contributed by atoms with van der Waals surface area (Å²) in [5.41, 5.74) is 3.98. The summed E-state index contributed by atoms with van der Waals surface area (Å²) >= 11 is 5.94. The topological polar surface area (TPSA) is 64.0 Å². The minimum absolute atomic E-state index is 0.0360. The smallest absolute Gasteiger partial charge is 0.262 e. The molecule has 0 bridgehead atoms. The molecule has 5 nitrogen and oxygen atoms in total. The summed E-state index contributed by atoms with van der Waals surface area (Å²) in [6.45, 7) is 10.5. The molecule has 0 radical (unpaired) electrons. The van der Waals surface area contributed by atoms with Crippen molar-refractivity contribution in [3.63, 3.8) is 0 Å². The van der Waals surface area contributed by atoms with Crippen LogP contribution in [-0.4, -0.2) is 18.2 Å². The quantitative estimate of drug-likeness (QED) is 0.596. The van der Waals surface area contributed by atoms with Crippen LogP contribution < -0.4 is 4.72 Å². The Balaban J connectivity index is 1.85. The van der Waals surface area contributed by atoms with Gasteiger partial charge in [0.25, 0.3) is 10.0 Å². The number of halogens is 1. The van der Waals surface area contributed by atoms with Gasteiger partial charge in [0.05, 0.1) is 28.5 Å². The molecule has 154 valence electrons. The molecule has 3 rings (SSSR count). The van der Waals surface area contributed by atoms with Gasteiger partial charge in [-0.15, -0.1) is 0 Å². The van der Waals surface area contributed by atoms with Crippen molar-refractivity contribution in [2.75, 3.05) is 4.72 Å². The van der Waals surface area contributed by atoms with Crippen molar-refractivity contribution in [1.29, 1.82) is 0 Å². The Morgan fingerprint density at radius 1 is 1.00 bits per heavy atom. The van der Waals surface area contributed by atoms with Crippen LogP contribution in [0.4, 0.5) is 5.69 Å². The molecule has 0 aliphatic heterocycles. The van der Waals surface area contributed by atoms with Crippen molar-refractivity contribution >= 4 is 27.3 Å². The van der Waals surface area contributed by atoms with E-state index in [-0.39, 0.29) is 10.3 Å². The predicted octanol–water partition coefficient (Wildman–Crippen LogP) is 5.30. The molecule has 0 amide bonds. The lowest BCUT2D eigenvalue weighted by molar-refractivity contribution is 0.587. The average molecular weight is 432 g/mol. The molecule has 0 spiro atoms. The Morgan fingerprint density at radius 3 is 2.14 bits per heavy atom. The van der Waals surface area contributed by atoms with Crippen LogP contribution in [0, 0.1) is 13.8 Å².